The fourth-order valence-corrected chi connectivity index (χ4v) is 2.80. The first-order chi connectivity index (χ1) is 11.6. The third-order valence-electron chi connectivity index (χ3n) is 4.15. The summed E-state index contributed by atoms with van der Waals surface area (Å²) in [7, 11) is 9.22. The predicted molar refractivity (Wildman–Crippen MR) is 90.9 cm³/mol. The fourth-order valence-electron chi connectivity index (χ4n) is 2.80. The first-order valence-corrected chi connectivity index (χ1v) is 8.04. The van der Waals surface area contributed by atoms with Crippen LogP contribution in [0.25, 0.3) is 0 Å². The molecule has 1 aromatic carbocycles. The Morgan fingerprint density at radius 1 is 1.08 bits per heavy atom. The number of nitrogens with one attached hydrogen (secondary N) is 1. The summed E-state index contributed by atoms with van der Waals surface area (Å²) in [5, 5.41) is 2.24. The second-order valence-corrected chi connectivity index (χ2v) is 5.88. The van der Waals surface area contributed by atoms with E-state index in [1.807, 2.05) is 24.3 Å². The molecule has 0 saturated heterocycles. The first kappa shape index (κ1) is 18.2. The molecular weight excluding hydrogens is 308 g/mol. The predicted octanol–water partition coefficient (Wildman–Crippen LogP) is 0.255. The van der Waals surface area contributed by atoms with Crippen LogP contribution in [0.4, 0.5) is 0 Å². The van der Waals surface area contributed by atoms with Crippen molar-refractivity contribution in [3.05, 3.63) is 41.9 Å². The highest BCUT2D eigenvalue weighted by molar-refractivity contribution is 5.50. The van der Waals surface area contributed by atoms with E-state index in [-0.39, 0.29) is 6.04 Å². The quantitative estimate of drug-likeness (QED) is 0.689. The summed E-state index contributed by atoms with van der Waals surface area (Å²) >= 11 is 0. The van der Waals surface area contributed by atoms with Gasteiger partial charge in [0.25, 0.3) is 0 Å². The molecule has 0 radical (unpaired) electrons. The number of rotatable bonds is 9. The third-order valence-corrected chi connectivity index (χ3v) is 4.15. The van der Waals surface area contributed by atoms with Gasteiger partial charge in [-0.1, -0.05) is 0 Å². The Morgan fingerprint density at radius 2 is 1.75 bits per heavy atom. The summed E-state index contributed by atoms with van der Waals surface area (Å²) in [5.41, 5.74) is 1.02. The summed E-state index contributed by atoms with van der Waals surface area (Å²) in [5.74, 6) is 3.27. The lowest BCUT2D eigenvalue weighted by atomic mass is 10.1. The highest BCUT2D eigenvalue weighted by atomic mass is 16.5. The van der Waals surface area contributed by atoms with E-state index in [1.165, 1.54) is 4.90 Å². The average molecular weight is 336 g/mol. The van der Waals surface area contributed by atoms with Crippen LogP contribution < -0.4 is 24.4 Å². The van der Waals surface area contributed by atoms with Crippen molar-refractivity contribution in [1.82, 2.24) is 0 Å². The van der Waals surface area contributed by atoms with Crippen LogP contribution in [0, 0.1) is 0 Å². The Morgan fingerprint density at radius 3 is 2.21 bits per heavy atom. The molecule has 0 saturated carbocycles. The monoisotopic (exact) mass is 336 g/mol. The van der Waals surface area contributed by atoms with Gasteiger partial charge >= 0.3 is 0 Å². The molecule has 0 aliphatic heterocycles. The molecule has 2 aromatic rings. The van der Waals surface area contributed by atoms with Gasteiger partial charge in [-0.15, -0.1) is 0 Å². The van der Waals surface area contributed by atoms with E-state index >= 15 is 0 Å². The fraction of sp³-hybridized carbons (Fsp3) is 0.444. The second-order valence-electron chi connectivity index (χ2n) is 5.88. The largest absolute Gasteiger partial charge is 0.496 e. The highest BCUT2D eigenvalue weighted by Gasteiger charge is 2.23. The van der Waals surface area contributed by atoms with Gasteiger partial charge in [-0.2, -0.15) is 0 Å². The van der Waals surface area contributed by atoms with Gasteiger partial charge in [0, 0.05) is 12.1 Å². The summed E-state index contributed by atoms with van der Waals surface area (Å²) in [6.07, 6.45) is 1.72. The van der Waals surface area contributed by atoms with Crippen LogP contribution in [0.5, 0.6) is 17.2 Å². The molecule has 1 atom stereocenters. The second kappa shape index (κ2) is 8.61. The number of quaternary nitrogens is 2. The van der Waals surface area contributed by atoms with Crippen LogP contribution in [-0.4, -0.2) is 42.0 Å². The molecule has 24 heavy (non-hydrogen) atoms. The Labute approximate surface area is 143 Å². The van der Waals surface area contributed by atoms with E-state index < -0.39 is 0 Å². The number of methoxy groups -OCH3 is 3. The lowest BCUT2D eigenvalue weighted by Gasteiger charge is -2.19. The minimum atomic E-state index is 0.287. The Kier molecular flexibility index (Phi) is 6.52. The van der Waals surface area contributed by atoms with Crippen LogP contribution in [0.3, 0.4) is 0 Å². The Balaban J connectivity index is 2.10. The summed E-state index contributed by atoms with van der Waals surface area (Å²) in [6, 6.07) is 8.01. The minimum absolute atomic E-state index is 0.287. The molecule has 132 valence electrons. The normalized spacial score (nSPS) is 12.2. The topological polar surface area (TPSA) is 61.9 Å². The maximum absolute atomic E-state index is 5.57. The molecule has 0 spiro atoms. The number of ether oxygens (including phenoxy) is 3. The van der Waals surface area contributed by atoms with Crippen molar-refractivity contribution in [3.8, 4) is 17.2 Å². The van der Waals surface area contributed by atoms with Crippen molar-refractivity contribution in [1.29, 1.82) is 0 Å². The SMILES string of the molecule is COc1cc(OC)c(C[NH2+]C[C@@H](c2ccco2)[NH+](C)C)c(OC)c1. The van der Waals surface area contributed by atoms with Gasteiger partial charge < -0.3 is 28.8 Å². The van der Waals surface area contributed by atoms with Crippen molar-refractivity contribution < 1.29 is 28.8 Å². The number of hydrogen-bond acceptors (Lipinski definition) is 4. The van der Waals surface area contributed by atoms with Gasteiger partial charge in [-0.25, -0.2) is 0 Å². The van der Waals surface area contributed by atoms with Gasteiger partial charge in [0.05, 0.1) is 47.3 Å². The van der Waals surface area contributed by atoms with E-state index in [4.69, 9.17) is 18.6 Å². The number of furan rings is 1. The van der Waals surface area contributed by atoms with Crippen molar-refractivity contribution in [2.24, 2.45) is 0 Å². The van der Waals surface area contributed by atoms with Crippen LogP contribution in [0.2, 0.25) is 0 Å². The van der Waals surface area contributed by atoms with Gasteiger partial charge in [0.2, 0.25) is 0 Å². The average Bonchev–Trinajstić information content (AvgIpc) is 3.11. The standard InChI is InChI=1S/C18H26N2O4/c1-20(2)15(16-7-6-8-24-16)12-19-11-14-17(22-4)9-13(21-3)10-18(14)23-5/h6-10,15,19H,11-12H2,1-5H3/p+2/t15-/m0/s1. The first-order valence-electron chi connectivity index (χ1n) is 8.04. The Hall–Kier alpha value is -2.18. The van der Waals surface area contributed by atoms with Gasteiger partial charge in [0.15, 0.2) is 11.8 Å². The van der Waals surface area contributed by atoms with E-state index in [9.17, 15) is 0 Å². The van der Waals surface area contributed by atoms with E-state index in [1.54, 1.807) is 27.6 Å². The third kappa shape index (κ3) is 4.21. The van der Waals surface area contributed by atoms with Crippen LogP contribution in [0.1, 0.15) is 17.4 Å². The molecule has 0 fully saturated rings. The number of hydrogen-bond donors (Lipinski definition) is 2. The van der Waals surface area contributed by atoms with Crippen molar-refractivity contribution >= 4 is 0 Å². The molecule has 3 N–H and O–H groups in total. The van der Waals surface area contributed by atoms with Crippen molar-refractivity contribution in [2.75, 3.05) is 42.0 Å². The summed E-state index contributed by atoms with van der Waals surface area (Å²) < 4.78 is 21.9. The van der Waals surface area contributed by atoms with Crippen LogP contribution in [-0.2, 0) is 6.54 Å². The molecule has 6 nitrogen and oxygen atoms in total. The zero-order valence-electron chi connectivity index (χ0n) is 15.1. The molecule has 0 bridgehead atoms. The molecular formula is C18H28N2O4+2. The van der Waals surface area contributed by atoms with Gasteiger partial charge in [-0.3, -0.25) is 0 Å². The van der Waals surface area contributed by atoms with Crippen molar-refractivity contribution in [3.63, 3.8) is 0 Å². The van der Waals surface area contributed by atoms with Crippen molar-refractivity contribution in [2.45, 2.75) is 12.6 Å². The smallest absolute Gasteiger partial charge is 0.195 e. The van der Waals surface area contributed by atoms with E-state index in [2.05, 4.69) is 19.4 Å². The zero-order valence-corrected chi connectivity index (χ0v) is 15.1. The molecule has 6 heteroatoms. The summed E-state index contributed by atoms with van der Waals surface area (Å²) in [6.45, 7) is 1.65. The molecule has 0 unspecified atom stereocenters. The number of nitrogens with two attached hydrogens (primary N) is 1. The molecule has 0 amide bonds. The van der Waals surface area contributed by atoms with Crippen LogP contribution >= 0.6 is 0 Å². The Bertz CT molecular complexity index is 601. The molecule has 2 rings (SSSR count). The minimum Gasteiger partial charge on any atom is -0.496 e. The number of likely N-dealkylation sites (N-methyl/N-ethyl adjacent to an activating group) is 1. The number of benzene rings is 1. The maximum Gasteiger partial charge on any atom is 0.195 e. The summed E-state index contributed by atoms with van der Waals surface area (Å²) in [4.78, 5) is 1.33. The van der Waals surface area contributed by atoms with Gasteiger partial charge in [-0.05, 0) is 12.1 Å². The van der Waals surface area contributed by atoms with E-state index in [0.717, 1.165) is 41.7 Å². The molecule has 1 aromatic heterocycles. The lowest BCUT2D eigenvalue weighted by Crippen LogP contribution is -3.09. The maximum atomic E-state index is 5.57. The van der Waals surface area contributed by atoms with Gasteiger partial charge in [0.1, 0.15) is 30.3 Å². The highest BCUT2D eigenvalue weighted by Crippen LogP contribution is 2.33. The van der Waals surface area contributed by atoms with Crippen LogP contribution in [0.15, 0.2) is 34.9 Å². The zero-order chi connectivity index (χ0) is 17.5. The molecule has 0 aliphatic carbocycles. The molecule has 1 heterocycles. The lowest BCUT2D eigenvalue weighted by molar-refractivity contribution is -0.911. The molecule has 0 aliphatic rings. The van der Waals surface area contributed by atoms with E-state index in [0.29, 0.717) is 0 Å².